The van der Waals surface area contributed by atoms with Gasteiger partial charge in [0.2, 0.25) is 0 Å². The Morgan fingerprint density at radius 3 is 1.44 bits per heavy atom. The summed E-state index contributed by atoms with van der Waals surface area (Å²) >= 11 is 0. The molecular weight excluding hydrogens is 300 g/mol. The standard InChI is InChI=1S/C25H52/c1-14-21(8)25(13,20(6)7)24(12,17-19(4)5)22(23(9,10)11)16-15-18(2)3/h18-22H,14-17H2,1-13H3. The quantitative estimate of drug-likeness (QED) is 0.368. The molecule has 4 unspecified atom stereocenters. The van der Waals surface area contributed by atoms with E-state index in [1.807, 2.05) is 0 Å². The minimum atomic E-state index is 0.349. The highest BCUT2D eigenvalue weighted by Crippen LogP contribution is 2.62. The third-order valence-electron chi connectivity index (χ3n) is 7.75. The van der Waals surface area contributed by atoms with Crippen LogP contribution in [-0.4, -0.2) is 0 Å². The van der Waals surface area contributed by atoms with Crippen LogP contribution in [-0.2, 0) is 0 Å². The summed E-state index contributed by atoms with van der Waals surface area (Å²) in [6, 6.07) is 0. The predicted molar refractivity (Wildman–Crippen MR) is 117 cm³/mol. The lowest BCUT2D eigenvalue weighted by atomic mass is 9.44. The molecule has 0 heterocycles. The van der Waals surface area contributed by atoms with Gasteiger partial charge in [-0.15, -0.1) is 0 Å². The molecule has 0 aliphatic heterocycles. The van der Waals surface area contributed by atoms with E-state index < -0.39 is 0 Å². The Morgan fingerprint density at radius 2 is 1.16 bits per heavy atom. The van der Waals surface area contributed by atoms with Gasteiger partial charge < -0.3 is 0 Å². The van der Waals surface area contributed by atoms with E-state index in [0.29, 0.717) is 22.2 Å². The number of hydrogen-bond donors (Lipinski definition) is 0. The molecule has 0 aromatic carbocycles. The second-order valence-electron chi connectivity index (χ2n) is 11.7. The Kier molecular flexibility index (Phi) is 9.27. The molecule has 0 aliphatic carbocycles. The lowest BCUT2D eigenvalue weighted by Crippen LogP contribution is -2.54. The summed E-state index contributed by atoms with van der Waals surface area (Å²) in [7, 11) is 0. The summed E-state index contributed by atoms with van der Waals surface area (Å²) in [5.41, 5.74) is 1.07. The van der Waals surface area contributed by atoms with Crippen molar-refractivity contribution in [1.29, 1.82) is 0 Å². The first-order valence-electron chi connectivity index (χ1n) is 11.1. The number of rotatable bonds is 10. The van der Waals surface area contributed by atoms with Crippen molar-refractivity contribution >= 4 is 0 Å². The van der Waals surface area contributed by atoms with Gasteiger partial charge in [0.15, 0.2) is 0 Å². The first kappa shape index (κ1) is 25.0. The fourth-order valence-corrected chi connectivity index (χ4v) is 6.01. The van der Waals surface area contributed by atoms with Crippen molar-refractivity contribution in [2.45, 2.75) is 116 Å². The van der Waals surface area contributed by atoms with Crippen molar-refractivity contribution in [3.63, 3.8) is 0 Å². The molecule has 0 radical (unpaired) electrons. The van der Waals surface area contributed by atoms with Crippen LogP contribution in [0.1, 0.15) is 116 Å². The van der Waals surface area contributed by atoms with Crippen LogP contribution in [0.5, 0.6) is 0 Å². The van der Waals surface area contributed by atoms with Crippen LogP contribution in [0.15, 0.2) is 0 Å². The van der Waals surface area contributed by atoms with Gasteiger partial charge in [0.1, 0.15) is 0 Å². The summed E-state index contributed by atoms with van der Waals surface area (Å²) in [4.78, 5) is 0. The highest BCUT2D eigenvalue weighted by atomic mass is 14.6. The predicted octanol–water partition coefficient (Wildman–Crippen LogP) is 8.85. The molecule has 0 bridgehead atoms. The normalized spacial score (nSPS) is 20.6. The molecule has 0 nitrogen and oxygen atoms in total. The minimum absolute atomic E-state index is 0.349. The van der Waals surface area contributed by atoms with E-state index in [1.165, 1.54) is 25.7 Å². The van der Waals surface area contributed by atoms with Crippen molar-refractivity contribution in [3.05, 3.63) is 0 Å². The Morgan fingerprint density at radius 1 is 0.680 bits per heavy atom. The van der Waals surface area contributed by atoms with Crippen LogP contribution in [0.25, 0.3) is 0 Å². The molecule has 0 amide bonds. The topological polar surface area (TPSA) is 0 Å². The fourth-order valence-electron chi connectivity index (χ4n) is 6.01. The average Bonchev–Trinajstić information content (AvgIpc) is 2.42. The van der Waals surface area contributed by atoms with E-state index in [9.17, 15) is 0 Å². The summed E-state index contributed by atoms with van der Waals surface area (Å²) in [5, 5.41) is 0. The van der Waals surface area contributed by atoms with E-state index in [2.05, 4.69) is 90.0 Å². The molecule has 0 saturated carbocycles. The molecule has 152 valence electrons. The molecule has 0 spiro atoms. The molecule has 4 atom stereocenters. The van der Waals surface area contributed by atoms with Gasteiger partial charge in [-0.3, -0.25) is 0 Å². The average molecular weight is 353 g/mol. The van der Waals surface area contributed by atoms with Gasteiger partial charge >= 0.3 is 0 Å². The Hall–Kier alpha value is 0. The maximum Gasteiger partial charge on any atom is -0.0220 e. The van der Waals surface area contributed by atoms with Crippen molar-refractivity contribution in [1.82, 2.24) is 0 Å². The van der Waals surface area contributed by atoms with E-state index in [1.54, 1.807) is 0 Å². The van der Waals surface area contributed by atoms with Crippen LogP contribution >= 0.6 is 0 Å². The zero-order valence-electron chi connectivity index (χ0n) is 20.2. The first-order chi connectivity index (χ1) is 11.1. The van der Waals surface area contributed by atoms with Crippen molar-refractivity contribution in [3.8, 4) is 0 Å². The molecule has 0 saturated heterocycles. The SMILES string of the molecule is CCC(C)C(C)(C(C)C)C(C)(CC(C)C)C(CCC(C)C)C(C)(C)C. The summed E-state index contributed by atoms with van der Waals surface area (Å²) in [6.45, 7) is 32.3. The monoisotopic (exact) mass is 352 g/mol. The zero-order chi connectivity index (χ0) is 20.2. The van der Waals surface area contributed by atoms with Crippen LogP contribution in [0, 0.1) is 45.8 Å². The zero-order valence-corrected chi connectivity index (χ0v) is 20.2. The van der Waals surface area contributed by atoms with E-state index >= 15 is 0 Å². The highest BCUT2D eigenvalue weighted by Gasteiger charge is 2.55. The largest absolute Gasteiger partial charge is 0.0651 e. The van der Waals surface area contributed by atoms with Gasteiger partial charge in [0.25, 0.3) is 0 Å². The third kappa shape index (κ3) is 5.74. The summed E-state index contributed by atoms with van der Waals surface area (Å²) < 4.78 is 0. The van der Waals surface area contributed by atoms with E-state index in [-0.39, 0.29) is 0 Å². The molecule has 0 aromatic rings. The Labute approximate surface area is 161 Å². The summed E-state index contributed by atoms with van der Waals surface area (Å²) in [6.07, 6.45) is 5.34. The van der Waals surface area contributed by atoms with Gasteiger partial charge in [-0.05, 0) is 58.7 Å². The smallest absolute Gasteiger partial charge is 0.0220 e. The Balaban J connectivity index is 6.35. The molecule has 0 N–H and O–H groups in total. The van der Waals surface area contributed by atoms with Crippen LogP contribution < -0.4 is 0 Å². The molecule has 0 fully saturated rings. The van der Waals surface area contributed by atoms with E-state index in [4.69, 9.17) is 0 Å². The minimum Gasteiger partial charge on any atom is -0.0651 e. The fraction of sp³-hybridized carbons (Fsp3) is 1.00. The molecule has 25 heavy (non-hydrogen) atoms. The molecule has 0 heteroatoms. The van der Waals surface area contributed by atoms with Gasteiger partial charge in [0.05, 0.1) is 0 Å². The molecule has 0 aromatic heterocycles. The Bertz CT molecular complexity index is 370. The van der Waals surface area contributed by atoms with Gasteiger partial charge in [-0.1, -0.05) is 103 Å². The maximum absolute atomic E-state index is 2.66. The second kappa shape index (κ2) is 9.27. The highest BCUT2D eigenvalue weighted by molar-refractivity contribution is 5.03. The second-order valence-corrected chi connectivity index (χ2v) is 11.7. The molecular formula is C25H52. The van der Waals surface area contributed by atoms with Crippen molar-refractivity contribution in [2.75, 3.05) is 0 Å². The maximum atomic E-state index is 2.66. The van der Waals surface area contributed by atoms with Crippen LogP contribution in [0.4, 0.5) is 0 Å². The van der Waals surface area contributed by atoms with Crippen LogP contribution in [0.2, 0.25) is 0 Å². The molecule has 0 rings (SSSR count). The molecule has 0 aliphatic rings. The van der Waals surface area contributed by atoms with Crippen molar-refractivity contribution in [2.24, 2.45) is 45.8 Å². The van der Waals surface area contributed by atoms with E-state index in [0.717, 1.165) is 23.7 Å². The van der Waals surface area contributed by atoms with Gasteiger partial charge in [-0.25, -0.2) is 0 Å². The lowest BCUT2D eigenvalue weighted by Gasteiger charge is -2.60. The lowest BCUT2D eigenvalue weighted by molar-refractivity contribution is -0.120. The summed E-state index contributed by atoms with van der Waals surface area (Å²) in [5.74, 6) is 3.75. The van der Waals surface area contributed by atoms with Gasteiger partial charge in [-0.2, -0.15) is 0 Å². The van der Waals surface area contributed by atoms with Gasteiger partial charge in [0, 0.05) is 0 Å². The first-order valence-corrected chi connectivity index (χ1v) is 11.1. The third-order valence-corrected chi connectivity index (χ3v) is 7.75. The van der Waals surface area contributed by atoms with Crippen molar-refractivity contribution < 1.29 is 0 Å². The van der Waals surface area contributed by atoms with Crippen LogP contribution in [0.3, 0.4) is 0 Å². The number of hydrogen-bond acceptors (Lipinski definition) is 0.